The van der Waals surface area contributed by atoms with Crippen molar-refractivity contribution < 1.29 is 0 Å². The molecule has 1 aliphatic rings. The van der Waals surface area contributed by atoms with Crippen LogP contribution in [0.1, 0.15) is 117 Å². The van der Waals surface area contributed by atoms with Crippen molar-refractivity contribution in [2.75, 3.05) is 13.6 Å². The van der Waals surface area contributed by atoms with Crippen LogP contribution in [0.2, 0.25) is 0 Å². The number of unbranched alkanes of at least 4 members (excludes halogenated alkanes) is 13. The molecule has 0 saturated carbocycles. The lowest BCUT2D eigenvalue weighted by Crippen LogP contribution is -2.36. The largest absolute Gasteiger partial charge is 0.359 e. The number of hydrogen-bond donors (Lipinski definition) is 0. The topological polar surface area (TPSA) is 6.48 Å². The maximum Gasteiger partial charge on any atom is 0.100 e. The van der Waals surface area contributed by atoms with Crippen LogP contribution < -0.4 is 0 Å². The van der Waals surface area contributed by atoms with Crippen LogP contribution in [0, 0.1) is 0 Å². The van der Waals surface area contributed by atoms with Crippen LogP contribution in [0.3, 0.4) is 0 Å². The van der Waals surface area contributed by atoms with Gasteiger partial charge >= 0.3 is 0 Å². The highest BCUT2D eigenvalue weighted by molar-refractivity contribution is 4.95. The molecule has 1 atom stereocenters. The number of rotatable bonds is 17. The first kappa shape index (κ1) is 22.4. The van der Waals surface area contributed by atoms with E-state index in [0.717, 1.165) is 0 Å². The fraction of sp³-hybridized carbons (Fsp3) is 0.913. The lowest BCUT2D eigenvalue weighted by Gasteiger charge is -2.30. The molecule has 0 amide bonds. The minimum Gasteiger partial charge on any atom is -0.359 e. The van der Waals surface area contributed by atoms with E-state index in [2.05, 4.69) is 43.1 Å². The minimum absolute atomic E-state index is 0.624. The minimum atomic E-state index is 0.624. The SMILES string of the molecule is CCCCCCCCCCCCCCN1C=CN(C)C1CCCCC. The summed E-state index contributed by atoms with van der Waals surface area (Å²) in [5, 5.41) is 0. The van der Waals surface area contributed by atoms with Gasteiger partial charge in [-0.05, 0) is 19.3 Å². The molecule has 25 heavy (non-hydrogen) atoms. The molecule has 0 aromatic carbocycles. The first-order valence-electron chi connectivity index (χ1n) is 11.5. The normalized spacial score (nSPS) is 17.0. The van der Waals surface area contributed by atoms with Gasteiger partial charge in [-0.1, -0.05) is 97.3 Å². The van der Waals surface area contributed by atoms with Crippen LogP contribution >= 0.6 is 0 Å². The summed E-state index contributed by atoms with van der Waals surface area (Å²) in [7, 11) is 2.23. The van der Waals surface area contributed by atoms with Gasteiger partial charge in [-0.2, -0.15) is 0 Å². The molecule has 1 unspecified atom stereocenters. The van der Waals surface area contributed by atoms with Crippen molar-refractivity contribution in [3.05, 3.63) is 12.4 Å². The van der Waals surface area contributed by atoms with Crippen LogP contribution in [0.4, 0.5) is 0 Å². The van der Waals surface area contributed by atoms with Crippen LogP contribution in [0.25, 0.3) is 0 Å². The first-order chi connectivity index (χ1) is 12.3. The Balaban J connectivity index is 1.92. The summed E-state index contributed by atoms with van der Waals surface area (Å²) >= 11 is 0. The summed E-state index contributed by atoms with van der Waals surface area (Å²) in [5.41, 5.74) is 0. The van der Waals surface area contributed by atoms with Gasteiger partial charge in [-0.25, -0.2) is 0 Å². The Hall–Kier alpha value is -0.660. The van der Waals surface area contributed by atoms with Gasteiger partial charge in [0.15, 0.2) is 0 Å². The van der Waals surface area contributed by atoms with Crippen LogP contribution in [-0.4, -0.2) is 29.6 Å². The Labute approximate surface area is 159 Å². The molecule has 1 rings (SSSR count). The average Bonchev–Trinajstić information content (AvgIpc) is 2.96. The predicted molar refractivity (Wildman–Crippen MR) is 113 cm³/mol. The smallest absolute Gasteiger partial charge is 0.100 e. The molecule has 0 saturated heterocycles. The summed E-state index contributed by atoms with van der Waals surface area (Å²) in [4.78, 5) is 4.97. The predicted octanol–water partition coefficient (Wildman–Crippen LogP) is 7.31. The maximum atomic E-state index is 2.58. The van der Waals surface area contributed by atoms with Crippen molar-refractivity contribution in [1.29, 1.82) is 0 Å². The summed E-state index contributed by atoms with van der Waals surface area (Å²) in [6, 6.07) is 0. The van der Waals surface area contributed by atoms with Gasteiger partial charge in [0.2, 0.25) is 0 Å². The highest BCUT2D eigenvalue weighted by Gasteiger charge is 2.22. The first-order valence-corrected chi connectivity index (χ1v) is 11.5. The number of nitrogens with zero attached hydrogens (tertiary/aromatic N) is 2. The van der Waals surface area contributed by atoms with Gasteiger partial charge in [0.05, 0.1) is 0 Å². The van der Waals surface area contributed by atoms with Crippen molar-refractivity contribution in [2.24, 2.45) is 0 Å². The lowest BCUT2D eigenvalue weighted by molar-refractivity contribution is 0.159. The third-order valence-electron chi connectivity index (χ3n) is 5.68. The standard InChI is InChI=1S/C23H46N2/c1-4-6-8-9-10-11-12-13-14-15-16-18-20-25-22-21-24(3)23(25)19-17-7-5-2/h21-23H,4-20H2,1-3H3. The molecule has 0 N–H and O–H groups in total. The van der Waals surface area contributed by atoms with Crippen molar-refractivity contribution in [3.63, 3.8) is 0 Å². The summed E-state index contributed by atoms with van der Waals surface area (Å²) < 4.78 is 0. The molecule has 0 bridgehead atoms. The van der Waals surface area contributed by atoms with Crippen molar-refractivity contribution >= 4 is 0 Å². The van der Waals surface area contributed by atoms with Gasteiger partial charge in [0, 0.05) is 26.0 Å². The third kappa shape index (κ3) is 10.8. The second-order valence-electron chi connectivity index (χ2n) is 8.07. The zero-order valence-corrected chi connectivity index (χ0v) is 17.6. The zero-order chi connectivity index (χ0) is 18.2. The maximum absolute atomic E-state index is 2.58. The summed E-state index contributed by atoms with van der Waals surface area (Å²) in [6.07, 6.45) is 27.8. The molecule has 2 nitrogen and oxygen atoms in total. The number of hydrogen-bond acceptors (Lipinski definition) is 2. The van der Waals surface area contributed by atoms with E-state index in [1.54, 1.807) is 0 Å². The quantitative estimate of drug-likeness (QED) is 0.254. The fourth-order valence-corrected chi connectivity index (χ4v) is 3.93. The van der Waals surface area contributed by atoms with Crippen molar-refractivity contribution in [3.8, 4) is 0 Å². The molecule has 0 radical (unpaired) electrons. The summed E-state index contributed by atoms with van der Waals surface area (Å²) in [5.74, 6) is 0. The Kier molecular flexibility index (Phi) is 14.0. The van der Waals surface area contributed by atoms with Crippen molar-refractivity contribution in [1.82, 2.24) is 9.80 Å². The van der Waals surface area contributed by atoms with E-state index in [1.807, 2.05) is 0 Å². The third-order valence-corrected chi connectivity index (χ3v) is 5.68. The molecule has 0 aliphatic carbocycles. The van der Waals surface area contributed by atoms with Crippen LogP contribution in [0.15, 0.2) is 12.4 Å². The molecule has 1 heterocycles. The molecule has 0 fully saturated rings. The molecular formula is C23H46N2. The Morgan fingerprint density at radius 1 is 0.600 bits per heavy atom. The second-order valence-corrected chi connectivity index (χ2v) is 8.07. The van der Waals surface area contributed by atoms with E-state index in [-0.39, 0.29) is 0 Å². The molecular weight excluding hydrogens is 304 g/mol. The molecule has 1 aliphatic heterocycles. The van der Waals surface area contributed by atoms with Gasteiger partial charge in [0.1, 0.15) is 6.17 Å². The average molecular weight is 351 g/mol. The van der Waals surface area contributed by atoms with E-state index >= 15 is 0 Å². The van der Waals surface area contributed by atoms with Gasteiger partial charge < -0.3 is 9.80 Å². The molecule has 0 aromatic heterocycles. The highest BCUT2D eigenvalue weighted by Crippen LogP contribution is 2.20. The molecule has 0 spiro atoms. The van der Waals surface area contributed by atoms with E-state index < -0.39 is 0 Å². The molecule has 148 valence electrons. The molecule has 0 aromatic rings. The Morgan fingerprint density at radius 3 is 1.64 bits per heavy atom. The van der Waals surface area contributed by atoms with Crippen LogP contribution in [-0.2, 0) is 0 Å². The van der Waals surface area contributed by atoms with Gasteiger partial charge in [-0.15, -0.1) is 0 Å². The van der Waals surface area contributed by atoms with E-state index in [0.29, 0.717) is 6.17 Å². The Morgan fingerprint density at radius 2 is 1.08 bits per heavy atom. The van der Waals surface area contributed by atoms with Gasteiger partial charge in [0.25, 0.3) is 0 Å². The van der Waals surface area contributed by atoms with Crippen molar-refractivity contribution in [2.45, 2.75) is 123 Å². The van der Waals surface area contributed by atoms with E-state index in [4.69, 9.17) is 0 Å². The zero-order valence-electron chi connectivity index (χ0n) is 17.6. The summed E-state index contributed by atoms with van der Waals surface area (Å²) in [6.45, 7) is 5.83. The second kappa shape index (κ2) is 15.6. The lowest BCUT2D eigenvalue weighted by atomic mass is 10.1. The van der Waals surface area contributed by atoms with Gasteiger partial charge in [-0.3, -0.25) is 0 Å². The Bertz CT molecular complexity index is 313. The van der Waals surface area contributed by atoms with Crippen LogP contribution in [0.5, 0.6) is 0 Å². The highest BCUT2D eigenvalue weighted by atomic mass is 15.4. The fourth-order valence-electron chi connectivity index (χ4n) is 3.93. The van der Waals surface area contributed by atoms with E-state index in [1.165, 1.54) is 109 Å². The monoisotopic (exact) mass is 350 g/mol. The molecule has 2 heteroatoms. The van der Waals surface area contributed by atoms with E-state index in [9.17, 15) is 0 Å².